The summed E-state index contributed by atoms with van der Waals surface area (Å²) in [6.45, 7) is 9.56. The van der Waals surface area contributed by atoms with E-state index in [-0.39, 0.29) is 0 Å². The molecule has 0 amide bonds. The Hall–Kier alpha value is -0.243. The van der Waals surface area contributed by atoms with Crippen LogP contribution in [0.15, 0.2) is 11.5 Å². The van der Waals surface area contributed by atoms with Crippen LogP contribution in [0.3, 0.4) is 0 Å². The molecule has 0 atom stereocenters. The van der Waals surface area contributed by atoms with Gasteiger partial charge in [-0.1, -0.05) is 44.9 Å². The molecule has 0 aliphatic carbocycles. The van der Waals surface area contributed by atoms with Crippen molar-refractivity contribution in [1.29, 1.82) is 0 Å². The Bertz CT molecular complexity index is 137. The van der Waals surface area contributed by atoms with Crippen LogP contribution in [0, 0.1) is 0 Å². The lowest BCUT2D eigenvalue weighted by atomic mass is 10.6. The van der Waals surface area contributed by atoms with E-state index in [1.807, 2.05) is 0 Å². The van der Waals surface area contributed by atoms with Gasteiger partial charge in [-0.15, -0.1) is 0 Å². The number of hydrogen-bond acceptors (Lipinski definition) is 1. The van der Waals surface area contributed by atoms with Gasteiger partial charge < -0.3 is 4.74 Å². The first-order valence-corrected chi connectivity index (χ1v) is 7.80. The summed E-state index contributed by atoms with van der Waals surface area (Å²) in [5.41, 5.74) is 0. The summed E-state index contributed by atoms with van der Waals surface area (Å²) < 4.78 is 5.68. The first kappa shape index (κ1) is 12.8. The SMILES string of the molecule is CC=C(OCC)[SiH](CCC)CCC. The van der Waals surface area contributed by atoms with Gasteiger partial charge in [-0.25, -0.2) is 0 Å². The molecular formula is C11H24OSi. The third kappa shape index (κ3) is 5.14. The molecular weight excluding hydrogens is 176 g/mol. The third-order valence-electron chi connectivity index (χ3n) is 2.27. The minimum absolute atomic E-state index is 0.728. The van der Waals surface area contributed by atoms with E-state index in [0.29, 0.717) is 0 Å². The molecule has 0 aliphatic rings. The van der Waals surface area contributed by atoms with Crippen molar-refractivity contribution in [1.82, 2.24) is 0 Å². The van der Waals surface area contributed by atoms with Gasteiger partial charge in [0.15, 0.2) is 0 Å². The minimum Gasteiger partial charge on any atom is -0.504 e. The number of hydrogen-bond donors (Lipinski definition) is 0. The molecule has 0 radical (unpaired) electrons. The Kier molecular flexibility index (Phi) is 8.20. The van der Waals surface area contributed by atoms with E-state index >= 15 is 0 Å². The zero-order valence-electron chi connectivity index (χ0n) is 9.60. The average molecular weight is 200 g/mol. The van der Waals surface area contributed by atoms with Crippen molar-refractivity contribution in [3.05, 3.63) is 11.5 Å². The monoisotopic (exact) mass is 200 g/mol. The summed E-state index contributed by atoms with van der Waals surface area (Å²) in [5, 5.41) is 1.34. The summed E-state index contributed by atoms with van der Waals surface area (Å²) >= 11 is 0. The second kappa shape index (κ2) is 8.36. The molecule has 0 saturated heterocycles. The molecule has 2 heteroatoms. The zero-order chi connectivity index (χ0) is 10.1. The van der Waals surface area contributed by atoms with E-state index in [0.717, 1.165) is 6.61 Å². The van der Waals surface area contributed by atoms with Crippen LogP contribution >= 0.6 is 0 Å². The van der Waals surface area contributed by atoms with E-state index in [9.17, 15) is 0 Å². The lowest BCUT2D eigenvalue weighted by molar-refractivity contribution is 0.250. The van der Waals surface area contributed by atoms with Crippen LogP contribution < -0.4 is 0 Å². The topological polar surface area (TPSA) is 9.23 Å². The Morgan fingerprint density at radius 3 is 2.00 bits per heavy atom. The van der Waals surface area contributed by atoms with Gasteiger partial charge in [0, 0.05) is 0 Å². The smallest absolute Gasteiger partial charge is 0.115 e. The van der Waals surface area contributed by atoms with Crippen LogP contribution in [-0.2, 0) is 4.74 Å². The molecule has 0 fully saturated rings. The van der Waals surface area contributed by atoms with Gasteiger partial charge in [-0.05, 0) is 13.8 Å². The fraction of sp³-hybridized carbons (Fsp3) is 0.818. The molecule has 0 heterocycles. The first-order chi connectivity index (χ1) is 6.29. The molecule has 1 nitrogen and oxygen atoms in total. The zero-order valence-corrected chi connectivity index (χ0v) is 10.8. The molecule has 0 aromatic heterocycles. The molecule has 0 aromatic carbocycles. The average Bonchev–Trinajstić information content (AvgIpc) is 2.14. The van der Waals surface area contributed by atoms with Gasteiger partial charge in [0.05, 0.1) is 12.0 Å². The quantitative estimate of drug-likeness (QED) is 0.451. The van der Waals surface area contributed by atoms with Crippen molar-refractivity contribution >= 4 is 8.80 Å². The molecule has 0 rings (SSSR count). The second-order valence-corrected chi connectivity index (χ2v) is 6.52. The molecule has 78 valence electrons. The molecule has 0 N–H and O–H groups in total. The van der Waals surface area contributed by atoms with Gasteiger partial charge >= 0.3 is 0 Å². The van der Waals surface area contributed by atoms with Crippen LogP contribution in [0.25, 0.3) is 0 Å². The van der Waals surface area contributed by atoms with Crippen LogP contribution in [0.5, 0.6) is 0 Å². The molecule has 0 unspecified atom stereocenters. The highest BCUT2D eigenvalue weighted by atomic mass is 28.3. The molecule has 13 heavy (non-hydrogen) atoms. The highest BCUT2D eigenvalue weighted by Gasteiger charge is 2.14. The number of allylic oxidation sites excluding steroid dienone is 1. The van der Waals surface area contributed by atoms with Gasteiger partial charge in [0.2, 0.25) is 0 Å². The highest BCUT2D eigenvalue weighted by Crippen LogP contribution is 2.15. The van der Waals surface area contributed by atoms with E-state index in [4.69, 9.17) is 4.74 Å². The van der Waals surface area contributed by atoms with Crippen LogP contribution in [0.1, 0.15) is 40.5 Å². The largest absolute Gasteiger partial charge is 0.504 e. The van der Waals surface area contributed by atoms with Crippen molar-refractivity contribution in [3.63, 3.8) is 0 Å². The third-order valence-corrected chi connectivity index (χ3v) is 6.13. The maximum atomic E-state index is 5.68. The predicted molar refractivity (Wildman–Crippen MR) is 62.7 cm³/mol. The van der Waals surface area contributed by atoms with Crippen LogP contribution in [0.2, 0.25) is 12.1 Å². The minimum atomic E-state index is -0.728. The summed E-state index contributed by atoms with van der Waals surface area (Å²) in [6, 6.07) is 2.79. The van der Waals surface area contributed by atoms with E-state index in [2.05, 4.69) is 33.8 Å². The van der Waals surface area contributed by atoms with Gasteiger partial charge in [-0.2, -0.15) is 0 Å². The molecule has 0 saturated carbocycles. The molecule has 0 aromatic rings. The van der Waals surface area contributed by atoms with Crippen LogP contribution in [-0.4, -0.2) is 15.4 Å². The van der Waals surface area contributed by atoms with Gasteiger partial charge in [0.25, 0.3) is 0 Å². The Morgan fingerprint density at radius 2 is 1.69 bits per heavy atom. The predicted octanol–water partition coefficient (Wildman–Crippen LogP) is 3.51. The van der Waals surface area contributed by atoms with Crippen molar-refractivity contribution in [2.24, 2.45) is 0 Å². The summed E-state index contributed by atoms with van der Waals surface area (Å²) in [5.74, 6) is 0. The molecule has 0 bridgehead atoms. The standard InChI is InChI=1S/C11H24OSi/c1-5-9-13(10-6-2)11(7-3)12-8-4/h7,13H,5-6,8-10H2,1-4H3. The number of rotatable bonds is 7. The van der Waals surface area contributed by atoms with Crippen LogP contribution in [0.4, 0.5) is 0 Å². The number of ether oxygens (including phenoxy) is 1. The fourth-order valence-electron chi connectivity index (χ4n) is 1.73. The van der Waals surface area contributed by atoms with E-state index in [1.54, 1.807) is 0 Å². The maximum absolute atomic E-state index is 5.68. The Balaban J connectivity index is 4.12. The maximum Gasteiger partial charge on any atom is 0.115 e. The van der Waals surface area contributed by atoms with E-state index in [1.165, 1.54) is 30.3 Å². The molecule has 0 aliphatic heterocycles. The van der Waals surface area contributed by atoms with Gasteiger partial charge in [-0.3, -0.25) is 0 Å². The summed E-state index contributed by atoms with van der Waals surface area (Å²) in [4.78, 5) is 0. The van der Waals surface area contributed by atoms with Crippen molar-refractivity contribution in [2.75, 3.05) is 6.61 Å². The fourth-order valence-corrected chi connectivity index (χ4v) is 4.85. The Labute approximate surface area is 84.8 Å². The summed E-state index contributed by atoms with van der Waals surface area (Å²) in [7, 11) is -0.728. The van der Waals surface area contributed by atoms with Crippen molar-refractivity contribution in [2.45, 2.75) is 52.6 Å². The summed E-state index contributed by atoms with van der Waals surface area (Å²) in [6.07, 6.45) is 4.80. The lowest BCUT2D eigenvalue weighted by Gasteiger charge is -2.17. The van der Waals surface area contributed by atoms with Crippen molar-refractivity contribution < 1.29 is 4.74 Å². The Morgan fingerprint density at radius 1 is 1.15 bits per heavy atom. The van der Waals surface area contributed by atoms with E-state index < -0.39 is 8.80 Å². The first-order valence-electron chi connectivity index (χ1n) is 5.59. The second-order valence-electron chi connectivity index (χ2n) is 3.40. The highest BCUT2D eigenvalue weighted by molar-refractivity contribution is 6.66. The lowest BCUT2D eigenvalue weighted by Crippen LogP contribution is -2.18. The van der Waals surface area contributed by atoms with Crippen molar-refractivity contribution in [3.8, 4) is 0 Å². The normalized spacial score (nSPS) is 12.2. The van der Waals surface area contributed by atoms with Gasteiger partial charge in [0.1, 0.15) is 8.80 Å². The molecule has 0 spiro atoms.